The molecule has 30 heavy (non-hydrogen) atoms. The van der Waals surface area contributed by atoms with E-state index in [-0.39, 0.29) is 30.1 Å². The summed E-state index contributed by atoms with van der Waals surface area (Å²) < 4.78 is 5.11. The number of thioether (sulfide) groups is 1. The van der Waals surface area contributed by atoms with Crippen LogP contribution in [0.2, 0.25) is 0 Å². The topological polar surface area (TPSA) is 88.6 Å². The van der Waals surface area contributed by atoms with E-state index < -0.39 is 0 Å². The molecule has 0 spiro atoms. The minimum absolute atomic E-state index is 0.107. The normalized spacial score (nSPS) is 15.3. The Balaban J connectivity index is 1.53. The molecular weight excluding hydrogens is 402 g/mol. The van der Waals surface area contributed by atoms with Crippen molar-refractivity contribution in [2.75, 3.05) is 20.2 Å². The predicted octanol–water partition coefficient (Wildman–Crippen LogP) is 3.26. The van der Waals surface area contributed by atoms with Crippen LogP contribution in [0.25, 0.3) is 12.2 Å². The average Bonchev–Trinajstić information content (AvgIpc) is 3.01. The van der Waals surface area contributed by atoms with Gasteiger partial charge in [0.05, 0.1) is 12.0 Å². The minimum atomic E-state index is -0.364. The van der Waals surface area contributed by atoms with Gasteiger partial charge in [0, 0.05) is 31.6 Å². The number of methoxy groups -OCH3 is 1. The number of pyridine rings is 1. The molecule has 1 aliphatic rings. The zero-order valence-corrected chi connectivity index (χ0v) is 17.4. The van der Waals surface area contributed by atoms with E-state index >= 15 is 0 Å². The van der Waals surface area contributed by atoms with Gasteiger partial charge in [-0.1, -0.05) is 12.1 Å². The fourth-order valence-corrected chi connectivity index (χ4v) is 3.58. The smallest absolute Gasteiger partial charge is 0.293 e. The van der Waals surface area contributed by atoms with Gasteiger partial charge in [-0.25, -0.2) is 0 Å². The van der Waals surface area contributed by atoms with Gasteiger partial charge in [0.25, 0.3) is 11.1 Å². The Morgan fingerprint density at radius 2 is 2.00 bits per heavy atom. The molecule has 8 heteroatoms. The highest BCUT2D eigenvalue weighted by Gasteiger charge is 2.34. The molecule has 0 atom stereocenters. The van der Waals surface area contributed by atoms with Crippen LogP contribution in [0.4, 0.5) is 4.79 Å². The first-order valence-electron chi connectivity index (χ1n) is 9.24. The molecule has 1 saturated heterocycles. The van der Waals surface area contributed by atoms with E-state index in [1.54, 1.807) is 43.8 Å². The van der Waals surface area contributed by atoms with Gasteiger partial charge >= 0.3 is 0 Å². The molecule has 7 nitrogen and oxygen atoms in total. The number of aromatic nitrogens is 1. The number of benzene rings is 1. The van der Waals surface area contributed by atoms with E-state index in [9.17, 15) is 14.4 Å². The molecule has 154 valence electrons. The maximum absolute atomic E-state index is 12.5. The summed E-state index contributed by atoms with van der Waals surface area (Å²) in [5, 5.41) is 2.33. The summed E-state index contributed by atoms with van der Waals surface area (Å²) in [6, 6.07) is 9.04. The molecule has 0 bridgehead atoms. The molecule has 1 fully saturated rings. The van der Waals surface area contributed by atoms with E-state index in [0.29, 0.717) is 10.7 Å². The third kappa shape index (κ3) is 5.36. The lowest BCUT2D eigenvalue weighted by Crippen LogP contribution is -2.36. The van der Waals surface area contributed by atoms with Crippen LogP contribution in [0, 0.1) is 6.92 Å². The maximum atomic E-state index is 12.5. The van der Waals surface area contributed by atoms with Crippen LogP contribution in [-0.4, -0.2) is 47.1 Å². The second-order valence-electron chi connectivity index (χ2n) is 6.46. The molecule has 1 aromatic heterocycles. The summed E-state index contributed by atoms with van der Waals surface area (Å²) in [4.78, 5) is 42.2. The van der Waals surface area contributed by atoms with Gasteiger partial charge in [0.2, 0.25) is 5.91 Å². The molecule has 3 rings (SSSR count). The molecule has 0 unspecified atom stereocenters. The highest BCUT2D eigenvalue weighted by atomic mass is 32.2. The van der Waals surface area contributed by atoms with Gasteiger partial charge in [-0.2, -0.15) is 0 Å². The molecule has 2 aromatic rings. The van der Waals surface area contributed by atoms with Crippen LogP contribution in [0.3, 0.4) is 0 Å². The average molecular weight is 423 g/mol. The predicted molar refractivity (Wildman–Crippen MR) is 117 cm³/mol. The van der Waals surface area contributed by atoms with Crippen molar-refractivity contribution in [1.29, 1.82) is 0 Å². The Morgan fingerprint density at radius 1 is 1.23 bits per heavy atom. The van der Waals surface area contributed by atoms with Crippen LogP contribution >= 0.6 is 11.8 Å². The molecule has 1 N–H and O–H groups in total. The second-order valence-corrected chi connectivity index (χ2v) is 7.46. The Labute approximate surface area is 178 Å². The van der Waals surface area contributed by atoms with E-state index in [1.807, 2.05) is 25.1 Å². The Morgan fingerprint density at radius 3 is 2.70 bits per heavy atom. The standard InChI is InChI=1S/C22H21N3O4S/c1-15-9-10-23-14-17(15)5-8-20(26)24-11-12-25-21(27)19(30-22(25)28)13-16-3-6-18(29-2)7-4-16/h3-10,13-14H,11-12H2,1-2H3,(H,24,26)/b8-5+,19-13+. The summed E-state index contributed by atoms with van der Waals surface area (Å²) in [5.74, 6) is 0.0410. The Kier molecular flexibility index (Phi) is 7.03. The fraction of sp³-hybridized carbons (Fsp3) is 0.182. The number of hydrogen-bond donors (Lipinski definition) is 1. The van der Waals surface area contributed by atoms with Crippen molar-refractivity contribution in [3.8, 4) is 5.75 Å². The summed E-state index contributed by atoms with van der Waals surface area (Å²) in [6.07, 6.45) is 8.11. The number of imide groups is 1. The SMILES string of the molecule is COc1ccc(/C=C2/SC(=O)N(CCNC(=O)/C=C/c3cnccc3C)C2=O)cc1. The lowest BCUT2D eigenvalue weighted by Gasteiger charge is -2.12. The third-order valence-corrected chi connectivity index (χ3v) is 5.32. The molecule has 1 aromatic carbocycles. The highest BCUT2D eigenvalue weighted by molar-refractivity contribution is 8.18. The Hall–Kier alpha value is -3.39. The van der Waals surface area contributed by atoms with Crippen LogP contribution in [0.15, 0.2) is 53.7 Å². The molecule has 0 radical (unpaired) electrons. The van der Waals surface area contributed by atoms with E-state index in [0.717, 1.165) is 33.4 Å². The molecule has 1 aliphatic heterocycles. The summed E-state index contributed by atoms with van der Waals surface area (Å²) in [7, 11) is 1.58. The Bertz CT molecular complexity index is 1020. The first-order valence-corrected chi connectivity index (χ1v) is 10.1. The molecule has 0 saturated carbocycles. The maximum Gasteiger partial charge on any atom is 0.293 e. The van der Waals surface area contributed by atoms with E-state index in [1.165, 1.54) is 6.08 Å². The number of nitrogens with one attached hydrogen (secondary N) is 1. The number of nitrogens with zero attached hydrogens (tertiary/aromatic N) is 2. The van der Waals surface area contributed by atoms with Gasteiger partial charge in [-0.3, -0.25) is 24.3 Å². The summed E-state index contributed by atoms with van der Waals surface area (Å²) in [5.41, 5.74) is 2.66. The lowest BCUT2D eigenvalue weighted by molar-refractivity contribution is -0.123. The summed E-state index contributed by atoms with van der Waals surface area (Å²) >= 11 is 0.888. The van der Waals surface area contributed by atoms with Crippen molar-refractivity contribution in [2.24, 2.45) is 0 Å². The minimum Gasteiger partial charge on any atom is -0.497 e. The monoisotopic (exact) mass is 423 g/mol. The highest BCUT2D eigenvalue weighted by Crippen LogP contribution is 2.32. The number of ether oxygens (including phenoxy) is 1. The molecule has 0 aliphatic carbocycles. The first-order chi connectivity index (χ1) is 14.5. The number of hydrogen-bond acceptors (Lipinski definition) is 6. The molecular formula is C22H21N3O4S. The lowest BCUT2D eigenvalue weighted by atomic mass is 10.1. The summed E-state index contributed by atoms with van der Waals surface area (Å²) in [6.45, 7) is 2.21. The van der Waals surface area contributed by atoms with Gasteiger partial charge in [-0.15, -0.1) is 0 Å². The van der Waals surface area contributed by atoms with Gasteiger partial charge < -0.3 is 10.1 Å². The quantitative estimate of drug-likeness (QED) is 0.688. The number of carbonyl (C=O) groups excluding carboxylic acids is 3. The zero-order valence-electron chi connectivity index (χ0n) is 16.6. The van der Waals surface area contributed by atoms with Crippen molar-refractivity contribution in [2.45, 2.75) is 6.92 Å². The van der Waals surface area contributed by atoms with Crippen molar-refractivity contribution in [3.63, 3.8) is 0 Å². The number of carbonyl (C=O) groups is 3. The van der Waals surface area contributed by atoms with Crippen LogP contribution in [0.1, 0.15) is 16.7 Å². The van der Waals surface area contributed by atoms with Gasteiger partial charge in [-0.05, 0) is 65.7 Å². The molecule has 2 heterocycles. The fourth-order valence-electron chi connectivity index (χ4n) is 2.71. The largest absolute Gasteiger partial charge is 0.497 e. The first kappa shape index (κ1) is 21.3. The van der Waals surface area contributed by atoms with Crippen molar-refractivity contribution < 1.29 is 19.1 Å². The third-order valence-electron chi connectivity index (χ3n) is 4.42. The van der Waals surface area contributed by atoms with Crippen molar-refractivity contribution in [3.05, 3.63) is 70.4 Å². The second kappa shape index (κ2) is 9.89. The van der Waals surface area contributed by atoms with Crippen LogP contribution in [0.5, 0.6) is 5.75 Å². The molecule has 3 amide bonds. The van der Waals surface area contributed by atoms with Crippen LogP contribution < -0.4 is 10.1 Å². The van der Waals surface area contributed by atoms with Crippen LogP contribution in [-0.2, 0) is 9.59 Å². The van der Waals surface area contributed by atoms with E-state index in [4.69, 9.17) is 4.74 Å². The van der Waals surface area contributed by atoms with Crippen molar-refractivity contribution >= 4 is 41.0 Å². The zero-order chi connectivity index (χ0) is 21.5. The number of rotatable bonds is 7. The number of aryl methyl sites for hydroxylation is 1. The van der Waals surface area contributed by atoms with Crippen molar-refractivity contribution in [1.82, 2.24) is 15.2 Å². The van der Waals surface area contributed by atoms with Gasteiger partial charge in [0.15, 0.2) is 0 Å². The van der Waals surface area contributed by atoms with Gasteiger partial charge in [0.1, 0.15) is 5.75 Å². The van der Waals surface area contributed by atoms with E-state index in [2.05, 4.69) is 10.3 Å². The number of amides is 3.